The quantitative estimate of drug-likeness (QED) is 0.655. The van der Waals surface area contributed by atoms with E-state index in [4.69, 9.17) is 5.14 Å². The van der Waals surface area contributed by atoms with Gasteiger partial charge in [0.15, 0.2) is 0 Å². The lowest BCUT2D eigenvalue weighted by atomic mass is 9.77. The number of allylic oxidation sites excluding steroid dienone is 2. The number of fused-ring (bicyclic) bond motifs is 4. The fourth-order valence-corrected chi connectivity index (χ4v) is 5.03. The van der Waals surface area contributed by atoms with Crippen LogP contribution in [-0.4, -0.2) is 8.42 Å². The Bertz CT molecular complexity index is 1180. The molecule has 0 radical (unpaired) electrons. The molecular weight excluding hydrogens is 356 g/mol. The van der Waals surface area contributed by atoms with Gasteiger partial charge in [0, 0.05) is 11.6 Å². The molecule has 3 atom stereocenters. The first-order chi connectivity index (χ1) is 13.0. The fourth-order valence-electron chi connectivity index (χ4n) is 4.48. The summed E-state index contributed by atoms with van der Waals surface area (Å²) in [6.45, 7) is 0. The minimum atomic E-state index is -3.71. The molecule has 0 saturated heterocycles. The molecule has 0 amide bonds. The van der Waals surface area contributed by atoms with Gasteiger partial charge in [-0.25, -0.2) is 13.6 Å². The van der Waals surface area contributed by atoms with Crippen molar-refractivity contribution in [3.63, 3.8) is 0 Å². The maximum absolute atomic E-state index is 11.8. The second kappa shape index (κ2) is 5.94. The van der Waals surface area contributed by atoms with Crippen LogP contribution in [0.15, 0.2) is 77.7 Å². The minimum Gasteiger partial charge on any atom is -0.378 e. The van der Waals surface area contributed by atoms with E-state index >= 15 is 0 Å². The van der Waals surface area contributed by atoms with Gasteiger partial charge in [-0.05, 0) is 58.5 Å². The molecule has 3 aromatic carbocycles. The summed E-state index contributed by atoms with van der Waals surface area (Å²) >= 11 is 0. The van der Waals surface area contributed by atoms with E-state index in [0.717, 1.165) is 17.7 Å². The number of nitrogens with one attached hydrogen (secondary N) is 1. The molecule has 136 valence electrons. The Balaban J connectivity index is 1.60. The average molecular weight is 376 g/mol. The van der Waals surface area contributed by atoms with Gasteiger partial charge in [0.2, 0.25) is 10.0 Å². The van der Waals surface area contributed by atoms with Crippen molar-refractivity contribution in [1.29, 1.82) is 0 Å². The molecule has 3 N–H and O–H groups in total. The summed E-state index contributed by atoms with van der Waals surface area (Å²) in [7, 11) is -3.71. The van der Waals surface area contributed by atoms with Crippen molar-refractivity contribution in [2.75, 3.05) is 5.32 Å². The molecule has 1 heterocycles. The van der Waals surface area contributed by atoms with Gasteiger partial charge < -0.3 is 5.32 Å². The number of primary sulfonamides is 1. The Morgan fingerprint density at radius 3 is 2.59 bits per heavy atom. The van der Waals surface area contributed by atoms with Crippen molar-refractivity contribution >= 4 is 26.5 Å². The predicted molar refractivity (Wildman–Crippen MR) is 108 cm³/mol. The number of rotatable bonds is 2. The fraction of sp³-hybridized carbons (Fsp3) is 0.182. The second-order valence-corrected chi connectivity index (χ2v) is 8.94. The molecule has 0 aromatic heterocycles. The Kier molecular flexibility index (Phi) is 3.64. The largest absolute Gasteiger partial charge is 0.378 e. The van der Waals surface area contributed by atoms with Gasteiger partial charge in [-0.1, -0.05) is 48.6 Å². The highest BCUT2D eigenvalue weighted by molar-refractivity contribution is 7.89. The van der Waals surface area contributed by atoms with Crippen LogP contribution in [0.4, 0.5) is 5.69 Å². The van der Waals surface area contributed by atoms with Crippen molar-refractivity contribution in [3.05, 3.63) is 83.9 Å². The number of hydrogen-bond donors (Lipinski definition) is 2. The van der Waals surface area contributed by atoms with Gasteiger partial charge in [-0.15, -0.1) is 0 Å². The normalized spacial score (nSPS) is 23.7. The Hall–Kier alpha value is -2.63. The number of sulfonamides is 1. The average Bonchev–Trinajstić information content (AvgIpc) is 3.16. The molecule has 4 nitrogen and oxygen atoms in total. The first-order valence-corrected chi connectivity index (χ1v) is 10.6. The van der Waals surface area contributed by atoms with E-state index in [9.17, 15) is 8.42 Å². The van der Waals surface area contributed by atoms with Crippen LogP contribution in [0.2, 0.25) is 0 Å². The second-order valence-electron chi connectivity index (χ2n) is 7.38. The molecule has 1 aliphatic heterocycles. The molecule has 0 spiro atoms. The lowest BCUT2D eigenvalue weighted by Gasteiger charge is -2.37. The Morgan fingerprint density at radius 1 is 0.963 bits per heavy atom. The Labute approximate surface area is 158 Å². The molecule has 0 saturated carbocycles. The molecule has 0 fully saturated rings. The third kappa shape index (κ3) is 2.74. The van der Waals surface area contributed by atoms with Crippen molar-refractivity contribution in [1.82, 2.24) is 0 Å². The Morgan fingerprint density at radius 2 is 1.78 bits per heavy atom. The molecule has 5 rings (SSSR count). The number of nitrogens with two attached hydrogens (primary N) is 1. The van der Waals surface area contributed by atoms with Gasteiger partial charge >= 0.3 is 0 Å². The molecule has 1 aliphatic carbocycles. The zero-order valence-corrected chi connectivity index (χ0v) is 15.5. The standard InChI is InChI=1S/C22H20N2O2S/c23-27(25,26)17-10-11-21-20(13-17)18-6-3-7-19(18)22(24-21)16-9-8-14-4-1-2-5-15(14)12-16/h1-6,8-13,18-19,22,24H,7H2,(H2,23,25,26)/t18-,19+,22+/m1/s1. The zero-order valence-electron chi connectivity index (χ0n) is 14.7. The number of benzene rings is 3. The van der Waals surface area contributed by atoms with E-state index in [1.807, 2.05) is 6.07 Å². The van der Waals surface area contributed by atoms with E-state index in [1.165, 1.54) is 16.3 Å². The van der Waals surface area contributed by atoms with Gasteiger partial charge in [0.05, 0.1) is 10.9 Å². The van der Waals surface area contributed by atoms with Crippen LogP contribution in [0.3, 0.4) is 0 Å². The minimum absolute atomic E-state index is 0.172. The van der Waals surface area contributed by atoms with Crippen LogP contribution in [0.1, 0.15) is 29.5 Å². The molecule has 3 aromatic rings. The highest BCUT2D eigenvalue weighted by Crippen LogP contribution is 2.50. The summed E-state index contributed by atoms with van der Waals surface area (Å²) < 4.78 is 23.5. The highest BCUT2D eigenvalue weighted by Gasteiger charge is 2.38. The summed E-state index contributed by atoms with van der Waals surface area (Å²) in [6.07, 6.45) is 5.36. The van der Waals surface area contributed by atoms with Gasteiger partial charge in [-0.2, -0.15) is 0 Å². The summed E-state index contributed by atoms with van der Waals surface area (Å²) in [5.41, 5.74) is 3.25. The lowest BCUT2D eigenvalue weighted by Crippen LogP contribution is -2.29. The van der Waals surface area contributed by atoms with E-state index in [-0.39, 0.29) is 16.9 Å². The number of hydrogen-bond acceptors (Lipinski definition) is 3. The van der Waals surface area contributed by atoms with E-state index < -0.39 is 10.0 Å². The van der Waals surface area contributed by atoms with Gasteiger partial charge in [0.25, 0.3) is 0 Å². The van der Waals surface area contributed by atoms with Crippen molar-refractivity contribution in [2.24, 2.45) is 11.1 Å². The lowest BCUT2D eigenvalue weighted by molar-refractivity contribution is 0.425. The molecule has 2 aliphatic rings. The highest BCUT2D eigenvalue weighted by atomic mass is 32.2. The molecule has 0 bridgehead atoms. The van der Waals surface area contributed by atoms with Gasteiger partial charge in [-0.3, -0.25) is 0 Å². The predicted octanol–water partition coefficient (Wildman–Crippen LogP) is 4.31. The van der Waals surface area contributed by atoms with Crippen molar-refractivity contribution < 1.29 is 8.42 Å². The number of anilines is 1. The summed E-state index contributed by atoms with van der Waals surface area (Å²) in [5, 5.41) is 11.4. The van der Waals surface area contributed by atoms with Crippen LogP contribution in [0, 0.1) is 5.92 Å². The topological polar surface area (TPSA) is 72.2 Å². The maximum Gasteiger partial charge on any atom is 0.238 e. The first kappa shape index (κ1) is 16.5. The maximum atomic E-state index is 11.8. The van der Waals surface area contributed by atoms with Crippen LogP contribution in [0.5, 0.6) is 0 Å². The van der Waals surface area contributed by atoms with Crippen molar-refractivity contribution in [3.8, 4) is 0 Å². The third-order valence-electron chi connectivity index (χ3n) is 5.80. The zero-order chi connectivity index (χ0) is 18.6. The van der Waals surface area contributed by atoms with E-state index in [0.29, 0.717) is 5.92 Å². The molecule has 5 heteroatoms. The summed E-state index contributed by atoms with van der Waals surface area (Å²) in [5.74, 6) is 0.550. The van der Waals surface area contributed by atoms with Crippen LogP contribution in [0.25, 0.3) is 10.8 Å². The van der Waals surface area contributed by atoms with Crippen LogP contribution < -0.4 is 10.5 Å². The molecule has 27 heavy (non-hydrogen) atoms. The monoisotopic (exact) mass is 376 g/mol. The summed E-state index contributed by atoms with van der Waals surface area (Å²) in [4.78, 5) is 0.172. The molecular formula is C22H20N2O2S. The summed E-state index contributed by atoms with van der Waals surface area (Å²) in [6, 6.07) is 20.3. The van der Waals surface area contributed by atoms with Crippen LogP contribution >= 0.6 is 0 Å². The van der Waals surface area contributed by atoms with E-state index in [2.05, 4.69) is 59.9 Å². The SMILES string of the molecule is NS(=O)(=O)c1ccc2c(c1)[C@@H]1C=CC[C@@H]1[C@H](c1ccc3ccccc3c1)N2. The first-order valence-electron chi connectivity index (χ1n) is 9.09. The third-order valence-corrected chi connectivity index (χ3v) is 6.71. The van der Waals surface area contributed by atoms with Gasteiger partial charge in [0.1, 0.15) is 0 Å². The van der Waals surface area contributed by atoms with E-state index in [1.54, 1.807) is 12.1 Å². The van der Waals surface area contributed by atoms with Crippen LogP contribution in [-0.2, 0) is 10.0 Å². The smallest absolute Gasteiger partial charge is 0.238 e. The van der Waals surface area contributed by atoms with Crippen molar-refractivity contribution in [2.45, 2.75) is 23.3 Å². The molecule has 0 unspecified atom stereocenters.